The smallest absolute Gasteiger partial charge is 0.0444 e. The van der Waals surface area contributed by atoms with Crippen molar-refractivity contribution < 1.29 is 0 Å². The van der Waals surface area contributed by atoms with Crippen LogP contribution in [0.5, 0.6) is 0 Å². The topological polar surface area (TPSA) is 28.2 Å². The Kier molecular flexibility index (Phi) is 3.47. The third-order valence-electron chi connectivity index (χ3n) is 3.79. The molecule has 2 aromatic rings. The fourth-order valence-electron chi connectivity index (χ4n) is 2.81. The number of hydrogen-bond acceptors (Lipinski definition) is 3. The Hall–Kier alpha value is -1.87. The van der Waals surface area contributed by atoms with Gasteiger partial charge < -0.3 is 10.2 Å². The fourth-order valence-corrected chi connectivity index (χ4v) is 2.81. The van der Waals surface area contributed by atoms with Gasteiger partial charge in [0.05, 0.1) is 0 Å². The normalized spacial score (nSPS) is 18.2. The Balaban J connectivity index is 1.88. The molecule has 1 aliphatic heterocycles. The lowest BCUT2D eigenvalue weighted by molar-refractivity contribution is 0.516. The Labute approximate surface area is 114 Å². The molecule has 1 unspecified atom stereocenters. The van der Waals surface area contributed by atoms with E-state index in [9.17, 15) is 0 Å². The number of para-hydroxylation sites is 1. The summed E-state index contributed by atoms with van der Waals surface area (Å²) in [6.07, 6.45) is 4.92. The second-order valence-electron chi connectivity index (χ2n) is 4.97. The molecule has 3 heteroatoms. The van der Waals surface area contributed by atoms with E-state index in [2.05, 4.69) is 45.5 Å². The Morgan fingerprint density at radius 2 is 2.16 bits per heavy atom. The molecule has 0 spiro atoms. The average Bonchev–Trinajstić information content (AvgIpc) is 2.49. The molecule has 3 nitrogen and oxygen atoms in total. The van der Waals surface area contributed by atoms with Crippen LogP contribution in [0.3, 0.4) is 0 Å². The van der Waals surface area contributed by atoms with Crippen molar-refractivity contribution in [2.45, 2.75) is 19.0 Å². The first kappa shape index (κ1) is 12.2. The van der Waals surface area contributed by atoms with Crippen LogP contribution in [-0.4, -0.2) is 18.6 Å². The van der Waals surface area contributed by atoms with Crippen molar-refractivity contribution >= 4 is 5.69 Å². The Bertz CT molecular complexity index is 539. The van der Waals surface area contributed by atoms with Crippen LogP contribution < -0.4 is 10.2 Å². The van der Waals surface area contributed by atoms with E-state index < -0.39 is 0 Å². The van der Waals surface area contributed by atoms with E-state index in [0.717, 1.165) is 19.5 Å². The van der Waals surface area contributed by atoms with Gasteiger partial charge in [-0.05, 0) is 36.7 Å². The van der Waals surface area contributed by atoms with E-state index in [1.807, 2.05) is 25.5 Å². The molecule has 1 aliphatic rings. The summed E-state index contributed by atoms with van der Waals surface area (Å²) in [6.45, 7) is 2.01. The maximum absolute atomic E-state index is 4.20. The SMILES string of the molecule is CNC1CCN(Cc2cccnc2)c2ccccc21. The van der Waals surface area contributed by atoms with Crippen LogP contribution in [0.25, 0.3) is 0 Å². The molecule has 1 aromatic heterocycles. The zero-order chi connectivity index (χ0) is 13.1. The zero-order valence-corrected chi connectivity index (χ0v) is 11.2. The van der Waals surface area contributed by atoms with Crippen molar-refractivity contribution in [2.24, 2.45) is 0 Å². The molecule has 0 fully saturated rings. The number of benzene rings is 1. The lowest BCUT2D eigenvalue weighted by Gasteiger charge is -2.35. The van der Waals surface area contributed by atoms with Gasteiger partial charge in [-0.2, -0.15) is 0 Å². The minimum atomic E-state index is 0.473. The van der Waals surface area contributed by atoms with E-state index in [1.165, 1.54) is 16.8 Å². The molecule has 1 N–H and O–H groups in total. The molecule has 0 aliphatic carbocycles. The fraction of sp³-hybridized carbons (Fsp3) is 0.312. The van der Waals surface area contributed by atoms with Crippen molar-refractivity contribution in [2.75, 3.05) is 18.5 Å². The maximum atomic E-state index is 4.20. The van der Waals surface area contributed by atoms with Crippen molar-refractivity contribution in [1.82, 2.24) is 10.3 Å². The molecule has 1 atom stereocenters. The van der Waals surface area contributed by atoms with E-state index in [4.69, 9.17) is 0 Å². The van der Waals surface area contributed by atoms with Crippen molar-refractivity contribution in [3.8, 4) is 0 Å². The van der Waals surface area contributed by atoms with Crippen LogP contribution in [0, 0.1) is 0 Å². The quantitative estimate of drug-likeness (QED) is 0.911. The highest BCUT2D eigenvalue weighted by Gasteiger charge is 2.23. The lowest BCUT2D eigenvalue weighted by atomic mass is 9.96. The first-order chi connectivity index (χ1) is 9.38. The molecule has 3 rings (SSSR count). The first-order valence-corrected chi connectivity index (χ1v) is 6.78. The Morgan fingerprint density at radius 1 is 1.26 bits per heavy atom. The van der Waals surface area contributed by atoms with Crippen molar-refractivity contribution in [3.05, 3.63) is 59.9 Å². The predicted molar refractivity (Wildman–Crippen MR) is 78.1 cm³/mol. The largest absolute Gasteiger partial charge is 0.367 e. The number of rotatable bonds is 3. The predicted octanol–water partition coefficient (Wildman–Crippen LogP) is 2.75. The first-order valence-electron chi connectivity index (χ1n) is 6.78. The summed E-state index contributed by atoms with van der Waals surface area (Å²) in [5.41, 5.74) is 4.01. The van der Waals surface area contributed by atoms with Crippen LogP contribution in [-0.2, 0) is 6.54 Å². The maximum Gasteiger partial charge on any atom is 0.0444 e. The minimum Gasteiger partial charge on any atom is -0.367 e. The van der Waals surface area contributed by atoms with Gasteiger partial charge in [-0.25, -0.2) is 0 Å². The highest BCUT2D eigenvalue weighted by Crippen LogP contribution is 2.34. The minimum absolute atomic E-state index is 0.473. The number of pyridine rings is 1. The van der Waals surface area contributed by atoms with Gasteiger partial charge in [0, 0.05) is 37.2 Å². The second kappa shape index (κ2) is 5.41. The third-order valence-corrected chi connectivity index (χ3v) is 3.79. The molecule has 0 bridgehead atoms. The molecule has 0 saturated carbocycles. The summed E-state index contributed by atoms with van der Waals surface area (Å²) in [5, 5.41) is 3.41. The van der Waals surface area contributed by atoms with E-state index in [0.29, 0.717) is 6.04 Å². The van der Waals surface area contributed by atoms with Gasteiger partial charge in [0.1, 0.15) is 0 Å². The van der Waals surface area contributed by atoms with E-state index >= 15 is 0 Å². The van der Waals surface area contributed by atoms with Gasteiger partial charge in [-0.1, -0.05) is 24.3 Å². The summed E-state index contributed by atoms with van der Waals surface area (Å²) in [5.74, 6) is 0. The molecular formula is C16H19N3. The molecule has 98 valence electrons. The average molecular weight is 253 g/mol. The van der Waals surface area contributed by atoms with Crippen molar-refractivity contribution in [1.29, 1.82) is 0 Å². The summed E-state index contributed by atoms with van der Waals surface area (Å²) in [6, 6.07) is 13.3. The third kappa shape index (κ3) is 2.47. The Morgan fingerprint density at radius 3 is 2.95 bits per heavy atom. The molecule has 2 heterocycles. The summed E-state index contributed by atoms with van der Waals surface area (Å²) in [4.78, 5) is 6.64. The molecule has 0 saturated heterocycles. The molecule has 19 heavy (non-hydrogen) atoms. The standard InChI is InChI=1S/C16H19N3/c1-17-15-8-10-19(12-13-5-4-9-18-11-13)16-7-3-2-6-14(15)16/h2-7,9,11,15,17H,8,10,12H2,1H3. The molecule has 0 amide bonds. The van der Waals surface area contributed by atoms with Gasteiger partial charge in [-0.15, -0.1) is 0 Å². The number of nitrogens with zero attached hydrogens (tertiary/aromatic N) is 2. The van der Waals surface area contributed by atoms with Crippen LogP contribution in [0.2, 0.25) is 0 Å². The lowest BCUT2D eigenvalue weighted by Crippen LogP contribution is -2.34. The van der Waals surface area contributed by atoms with Crippen LogP contribution in [0.4, 0.5) is 5.69 Å². The molecular weight excluding hydrogens is 234 g/mol. The monoisotopic (exact) mass is 253 g/mol. The van der Waals surface area contributed by atoms with Gasteiger partial charge in [-0.3, -0.25) is 4.98 Å². The number of fused-ring (bicyclic) bond motifs is 1. The second-order valence-corrected chi connectivity index (χ2v) is 4.97. The summed E-state index contributed by atoms with van der Waals surface area (Å²) >= 11 is 0. The summed E-state index contributed by atoms with van der Waals surface area (Å²) < 4.78 is 0. The van der Waals surface area contributed by atoms with Crippen LogP contribution >= 0.6 is 0 Å². The van der Waals surface area contributed by atoms with Crippen LogP contribution in [0.1, 0.15) is 23.6 Å². The molecule has 1 aromatic carbocycles. The number of aromatic nitrogens is 1. The van der Waals surface area contributed by atoms with Crippen LogP contribution in [0.15, 0.2) is 48.8 Å². The summed E-state index contributed by atoms with van der Waals surface area (Å²) in [7, 11) is 2.04. The number of nitrogens with one attached hydrogen (secondary N) is 1. The zero-order valence-electron chi connectivity index (χ0n) is 11.2. The molecule has 0 radical (unpaired) electrons. The van der Waals surface area contributed by atoms with Gasteiger partial charge in [0.15, 0.2) is 0 Å². The van der Waals surface area contributed by atoms with Gasteiger partial charge >= 0.3 is 0 Å². The van der Waals surface area contributed by atoms with Gasteiger partial charge in [0.25, 0.3) is 0 Å². The highest BCUT2D eigenvalue weighted by molar-refractivity contribution is 5.57. The van der Waals surface area contributed by atoms with Gasteiger partial charge in [0.2, 0.25) is 0 Å². The number of hydrogen-bond donors (Lipinski definition) is 1. The van der Waals surface area contributed by atoms with E-state index in [-0.39, 0.29) is 0 Å². The number of anilines is 1. The van der Waals surface area contributed by atoms with E-state index in [1.54, 1.807) is 0 Å². The van der Waals surface area contributed by atoms with Crippen molar-refractivity contribution in [3.63, 3.8) is 0 Å². The highest BCUT2D eigenvalue weighted by atomic mass is 15.1.